The van der Waals surface area contributed by atoms with E-state index in [-0.39, 0.29) is 12.1 Å². The molecule has 4 N–H and O–H groups in total. The molecule has 2 aliphatic rings. The maximum absolute atomic E-state index is 12.0. The Morgan fingerprint density at radius 2 is 1.26 bits per heavy atom. The first-order valence-electron chi connectivity index (χ1n) is 12.1. The van der Waals surface area contributed by atoms with Crippen LogP contribution in [0.5, 0.6) is 11.5 Å². The number of esters is 2. The van der Waals surface area contributed by atoms with Gasteiger partial charge in [-0.15, -0.1) is 0 Å². The standard InChI is InChI=1S/C26H26N6O6/c1-35-23(33)13-7-17-21-19(9-13)37-11-15(31(21)25(27)29-17)5-3-4-6-16-12-38-20-10-14(24(34)36-2)8-18-22(20)32(16)26(28)30-18/h3-4,7-10,15-16H,5-6,11-12H2,1-2H3,(H2,27,29)(H2,28,30)/b4-3-/t15-,16-/m0/s1. The van der Waals surface area contributed by atoms with Crippen molar-refractivity contribution in [2.45, 2.75) is 24.9 Å². The molecule has 4 heterocycles. The van der Waals surface area contributed by atoms with Gasteiger partial charge in [-0.1, -0.05) is 12.2 Å². The lowest BCUT2D eigenvalue weighted by Crippen LogP contribution is -2.23. The summed E-state index contributed by atoms with van der Waals surface area (Å²) in [5, 5.41) is 0. The highest BCUT2D eigenvalue weighted by Crippen LogP contribution is 2.39. The van der Waals surface area contributed by atoms with E-state index in [2.05, 4.69) is 22.1 Å². The Morgan fingerprint density at radius 1 is 0.842 bits per heavy atom. The highest BCUT2D eigenvalue weighted by atomic mass is 16.5. The third kappa shape index (κ3) is 3.67. The zero-order chi connectivity index (χ0) is 26.6. The van der Waals surface area contributed by atoms with Gasteiger partial charge < -0.3 is 39.5 Å². The molecular weight excluding hydrogens is 492 g/mol. The molecule has 0 saturated carbocycles. The molecule has 196 valence electrons. The van der Waals surface area contributed by atoms with Crippen LogP contribution in [0.15, 0.2) is 36.4 Å². The van der Waals surface area contributed by atoms with E-state index in [0.29, 0.717) is 71.6 Å². The molecule has 0 unspecified atom stereocenters. The number of rotatable bonds is 6. The molecule has 0 radical (unpaired) electrons. The number of imidazole rings is 2. The normalized spacial score (nSPS) is 17.9. The van der Waals surface area contributed by atoms with Crippen LogP contribution in [0.4, 0.5) is 11.9 Å². The summed E-state index contributed by atoms with van der Waals surface area (Å²) in [6.07, 6.45) is 5.48. The lowest BCUT2D eigenvalue weighted by Gasteiger charge is -2.27. The second-order valence-electron chi connectivity index (χ2n) is 9.22. The van der Waals surface area contributed by atoms with Gasteiger partial charge in [0.15, 0.2) is 0 Å². The lowest BCUT2D eigenvalue weighted by atomic mass is 10.1. The van der Waals surface area contributed by atoms with E-state index in [1.807, 2.05) is 9.13 Å². The molecular formula is C26H26N6O6. The number of hydrogen-bond acceptors (Lipinski definition) is 10. The average Bonchev–Trinajstić information content (AvgIpc) is 3.45. The van der Waals surface area contributed by atoms with Crippen molar-refractivity contribution in [2.24, 2.45) is 0 Å². The molecule has 12 nitrogen and oxygen atoms in total. The van der Waals surface area contributed by atoms with Crippen LogP contribution in [0.1, 0.15) is 45.6 Å². The number of aromatic nitrogens is 4. The third-order valence-corrected chi connectivity index (χ3v) is 6.97. The minimum Gasteiger partial charge on any atom is -0.489 e. The largest absolute Gasteiger partial charge is 0.489 e. The van der Waals surface area contributed by atoms with E-state index in [4.69, 9.17) is 30.4 Å². The fraction of sp³-hybridized carbons (Fsp3) is 0.308. The summed E-state index contributed by atoms with van der Waals surface area (Å²) in [4.78, 5) is 32.9. The van der Waals surface area contributed by atoms with Crippen molar-refractivity contribution in [3.63, 3.8) is 0 Å². The minimum atomic E-state index is -0.459. The average molecular weight is 519 g/mol. The molecule has 38 heavy (non-hydrogen) atoms. The maximum atomic E-state index is 12.0. The van der Waals surface area contributed by atoms with Crippen LogP contribution in [0.25, 0.3) is 22.1 Å². The van der Waals surface area contributed by atoms with Crippen LogP contribution in [0, 0.1) is 0 Å². The third-order valence-electron chi connectivity index (χ3n) is 6.97. The summed E-state index contributed by atoms with van der Waals surface area (Å²) in [6, 6.07) is 6.51. The molecule has 0 amide bonds. The van der Waals surface area contributed by atoms with Gasteiger partial charge >= 0.3 is 11.9 Å². The summed E-state index contributed by atoms with van der Waals surface area (Å²) >= 11 is 0. The van der Waals surface area contributed by atoms with E-state index in [9.17, 15) is 9.59 Å². The van der Waals surface area contributed by atoms with Crippen molar-refractivity contribution in [3.8, 4) is 11.5 Å². The Balaban J connectivity index is 1.21. The summed E-state index contributed by atoms with van der Waals surface area (Å²) in [7, 11) is 2.66. The molecule has 2 aromatic heterocycles. The Labute approximate surface area is 216 Å². The van der Waals surface area contributed by atoms with Gasteiger partial charge in [-0.3, -0.25) is 0 Å². The van der Waals surface area contributed by atoms with Gasteiger partial charge in [-0.2, -0.15) is 0 Å². The highest BCUT2D eigenvalue weighted by Gasteiger charge is 2.29. The number of nitrogens with zero attached hydrogens (tertiary/aromatic N) is 4. The first-order valence-corrected chi connectivity index (χ1v) is 12.1. The van der Waals surface area contributed by atoms with E-state index in [1.165, 1.54) is 14.2 Å². The smallest absolute Gasteiger partial charge is 0.338 e. The Morgan fingerprint density at radius 3 is 1.66 bits per heavy atom. The Hall–Kier alpha value is -4.74. The number of carbonyl (C=O) groups excluding carboxylic acids is 2. The molecule has 6 rings (SSSR count). The first kappa shape index (κ1) is 23.6. The van der Waals surface area contributed by atoms with E-state index >= 15 is 0 Å². The fourth-order valence-corrected chi connectivity index (χ4v) is 5.23. The molecule has 2 atom stereocenters. The zero-order valence-electron chi connectivity index (χ0n) is 20.8. The van der Waals surface area contributed by atoms with Crippen molar-refractivity contribution in [2.75, 3.05) is 38.9 Å². The molecule has 2 aliphatic heterocycles. The summed E-state index contributed by atoms with van der Waals surface area (Å²) in [6.45, 7) is 0.768. The van der Waals surface area contributed by atoms with Crippen LogP contribution in [-0.4, -0.2) is 58.5 Å². The van der Waals surface area contributed by atoms with Gasteiger partial charge in [-0.05, 0) is 37.1 Å². The SMILES string of the molecule is COC(=O)c1cc2c3c(c1)nc(N)n3[C@@H](C/C=C\C[C@H]1COc3cc(C(=O)OC)cc4nc(N)n1c34)CO2. The number of methoxy groups -OCH3 is 2. The highest BCUT2D eigenvalue weighted by molar-refractivity contribution is 5.98. The molecule has 2 aromatic carbocycles. The second-order valence-corrected chi connectivity index (χ2v) is 9.22. The van der Waals surface area contributed by atoms with E-state index < -0.39 is 11.9 Å². The number of carbonyl (C=O) groups is 2. The first-order chi connectivity index (χ1) is 18.4. The number of allylic oxidation sites excluding steroid dienone is 2. The fourth-order valence-electron chi connectivity index (χ4n) is 5.23. The van der Waals surface area contributed by atoms with Crippen LogP contribution >= 0.6 is 0 Å². The lowest BCUT2D eigenvalue weighted by molar-refractivity contribution is 0.0591. The Kier molecular flexibility index (Phi) is 5.59. The van der Waals surface area contributed by atoms with Crippen molar-refractivity contribution in [3.05, 3.63) is 47.5 Å². The van der Waals surface area contributed by atoms with Gasteiger partial charge in [0, 0.05) is 0 Å². The quantitative estimate of drug-likeness (QED) is 0.287. The molecule has 0 fully saturated rings. The van der Waals surface area contributed by atoms with E-state index in [1.54, 1.807) is 24.3 Å². The van der Waals surface area contributed by atoms with Crippen LogP contribution in [-0.2, 0) is 9.47 Å². The summed E-state index contributed by atoms with van der Waals surface area (Å²) in [5.74, 6) is 0.919. The molecule has 0 aliphatic carbocycles. The van der Waals surface area contributed by atoms with Crippen LogP contribution < -0.4 is 20.9 Å². The number of ether oxygens (including phenoxy) is 4. The van der Waals surface area contributed by atoms with Crippen LogP contribution in [0.2, 0.25) is 0 Å². The number of anilines is 2. The number of nitrogens with two attached hydrogens (primary N) is 2. The summed E-state index contributed by atoms with van der Waals surface area (Å²) < 4.78 is 25.5. The van der Waals surface area contributed by atoms with Gasteiger partial charge in [-0.25, -0.2) is 19.6 Å². The van der Waals surface area contributed by atoms with E-state index in [0.717, 1.165) is 11.0 Å². The summed E-state index contributed by atoms with van der Waals surface area (Å²) in [5.41, 5.74) is 15.9. The zero-order valence-corrected chi connectivity index (χ0v) is 20.8. The molecule has 0 saturated heterocycles. The van der Waals surface area contributed by atoms with Crippen LogP contribution in [0.3, 0.4) is 0 Å². The van der Waals surface area contributed by atoms with Gasteiger partial charge in [0.05, 0.1) is 48.5 Å². The topological polar surface area (TPSA) is 159 Å². The minimum absolute atomic E-state index is 0.0576. The predicted octanol–water partition coefficient (Wildman–Crippen LogP) is 3.03. The van der Waals surface area contributed by atoms with Crippen molar-refractivity contribution in [1.82, 2.24) is 19.1 Å². The Bertz CT molecular complexity index is 1520. The van der Waals surface area contributed by atoms with Crippen molar-refractivity contribution < 1.29 is 28.5 Å². The predicted molar refractivity (Wildman–Crippen MR) is 138 cm³/mol. The molecule has 0 bridgehead atoms. The maximum Gasteiger partial charge on any atom is 0.338 e. The van der Waals surface area contributed by atoms with Gasteiger partial charge in [0.2, 0.25) is 11.9 Å². The second kappa shape index (κ2) is 8.98. The monoisotopic (exact) mass is 518 g/mol. The van der Waals surface area contributed by atoms with Crippen molar-refractivity contribution >= 4 is 45.9 Å². The van der Waals surface area contributed by atoms with Gasteiger partial charge in [0.25, 0.3) is 0 Å². The molecule has 0 spiro atoms. The van der Waals surface area contributed by atoms with Crippen molar-refractivity contribution in [1.29, 1.82) is 0 Å². The number of benzene rings is 2. The number of nitrogen functional groups attached to an aromatic ring is 2. The van der Waals surface area contributed by atoms with Gasteiger partial charge in [0.1, 0.15) is 35.7 Å². The number of hydrogen-bond donors (Lipinski definition) is 2. The molecule has 12 heteroatoms. The molecule has 4 aromatic rings.